The Morgan fingerprint density at radius 2 is 1.86 bits per heavy atom. The van der Waals surface area contributed by atoms with E-state index in [0.717, 1.165) is 40.8 Å². The predicted molar refractivity (Wildman–Crippen MR) is 138 cm³/mol. The average molecular weight is 511 g/mol. The van der Waals surface area contributed by atoms with Gasteiger partial charge in [0.25, 0.3) is 0 Å². The van der Waals surface area contributed by atoms with Crippen LogP contribution >= 0.6 is 11.6 Å². The molecule has 0 aliphatic heterocycles. The Morgan fingerprint density at radius 1 is 1.11 bits per heavy atom. The van der Waals surface area contributed by atoms with E-state index in [1.807, 2.05) is 43.3 Å². The minimum atomic E-state index is -3.29. The molecule has 1 aliphatic rings. The zero-order valence-corrected chi connectivity index (χ0v) is 20.9. The zero-order valence-electron chi connectivity index (χ0n) is 19.4. The smallest absolute Gasteiger partial charge is 0.178 e. The molecule has 1 aromatic heterocycles. The lowest BCUT2D eigenvalue weighted by Gasteiger charge is -2.13. The number of fused-ring (bicyclic) bond motifs is 1. The molecule has 0 saturated heterocycles. The minimum absolute atomic E-state index is 0.179. The van der Waals surface area contributed by atoms with Crippen LogP contribution in [0, 0.1) is 5.92 Å². The van der Waals surface area contributed by atoms with Gasteiger partial charge in [-0.25, -0.2) is 13.4 Å². The fraction of sp³-hybridized carbons (Fsp3) is 0.296. The van der Waals surface area contributed by atoms with Crippen LogP contribution in [-0.2, 0) is 9.84 Å². The molecule has 5 rings (SSSR count). The minimum Gasteiger partial charge on any atom is -0.493 e. The van der Waals surface area contributed by atoms with Gasteiger partial charge in [0.15, 0.2) is 9.84 Å². The number of hydrogen-bond donors (Lipinski definition) is 2. The summed E-state index contributed by atoms with van der Waals surface area (Å²) in [5.74, 6) is 1.40. The molecular weight excluding hydrogens is 484 g/mol. The number of aliphatic hydroxyl groups is 1. The van der Waals surface area contributed by atoms with Gasteiger partial charge in [0.2, 0.25) is 0 Å². The van der Waals surface area contributed by atoms with Gasteiger partial charge in [0, 0.05) is 11.1 Å². The molecule has 2 N–H and O–H groups in total. The number of sulfone groups is 1. The van der Waals surface area contributed by atoms with Crippen LogP contribution < -0.4 is 4.74 Å². The van der Waals surface area contributed by atoms with Gasteiger partial charge in [-0.3, -0.25) is 0 Å². The van der Waals surface area contributed by atoms with Gasteiger partial charge in [0.05, 0.1) is 45.8 Å². The second kappa shape index (κ2) is 9.64. The number of nitrogens with zero attached hydrogens (tertiary/aromatic N) is 1. The molecule has 1 heterocycles. The number of ether oxygens (including phenoxy) is 1. The highest BCUT2D eigenvalue weighted by atomic mass is 35.5. The average Bonchev–Trinajstić information content (AvgIpc) is 3.56. The van der Waals surface area contributed by atoms with Crippen molar-refractivity contribution >= 4 is 32.5 Å². The maximum absolute atomic E-state index is 12.6. The summed E-state index contributed by atoms with van der Waals surface area (Å²) in [5, 5.41) is 10.7. The van der Waals surface area contributed by atoms with Crippen molar-refractivity contribution in [1.29, 1.82) is 0 Å². The highest BCUT2D eigenvalue weighted by Gasteiger charge is 2.29. The molecule has 0 amide bonds. The Labute approximate surface area is 209 Å². The maximum Gasteiger partial charge on any atom is 0.178 e. The first-order valence-corrected chi connectivity index (χ1v) is 13.8. The number of aliphatic hydroxyl groups excluding tert-OH is 1. The molecule has 1 aliphatic carbocycles. The molecule has 0 bridgehead atoms. The van der Waals surface area contributed by atoms with Gasteiger partial charge >= 0.3 is 0 Å². The molecule has 8 heteroatoms. The summed E-state index contributed by atoms with van der Waals surface area (Å²) in [5.41, 5.74) is 3.95. The number of para-hydroxylation sites is 1. The van der Waals surface area contributed by atoms with Gasteiger partial charge in [-0.2, -0.15) is 0 Å². The summed E-state index contributed by atoms with van der Waals surface area (Å²) in [6.07, 6.45) is 1.97. The summed E-state index contributed by atoms with van der Waals surface area (Å²) in [4.78, 5) is 8.35. The van der Waals surface area contributed by atoms with Crippen LogP contribution in [-0.4, -0.2) is 42.5 Å². The van der Waals surface area contributed by atoms with Crippen molar-refractivity contribution in [3.05, 3.63) is 77.1 Å². The summed E-state index contributed by atoms with van der Waals surface area (Å²) >= 11 is 6.64. The van der Waals surface area contributed by atoms with Gasteiger partial charge in [-0.1, -0.05) is 41.9 Å². The van der Waals surface area contributed by atoms with Crippen LogP contribution in [0.15, 0.2) is 65.6 Å². The van der Waals surface area contributed by atoms with Gasteiger partial charge in [0.1, 0.15) is 11.6 Å². The molecule has 0 radical (unpaired) electrons. The van der Waals surface area contributed by atoms with Crippen molar-refractivity contribution in [3.8, 4) is 16.9 Å². The lowest BCUT2D eigenvalue weighted by Crippen LogP contribution is -2.10. The van der Waals surface area contributed by atoms with E-state index in [0.29, 0.717) is 27.9 Å². The molecule has 1 fully saturated rings. The monoisotopic (exact) mass is 510 g/mol. The Balaban J connectivity index is 1.47. The number of imidazole rings is 1. The highest BCUT2D eigenvalue weighted by Crippen LogP contribution is 2.38. The number of hydrogen-bond acceptors (Lipinski definition) is 5. The van der Waals surface area contributed by atoms with Gasteiger partial charge in [-0.15, -0.1) is 0 Å². The van der Waals surface area contributed by atoms with E-state index in [1.165, 1.54) is 0 Å². The summed E-state index contributed by atoms with van der Waals surface area (Å²) < 4.78 is 30.9. The van der Waals surface area contributed by atoms with Crippen molar-refractivity contribution in [2.75, 3.05) is 19.0 Å². The Bertz CT molecular complexity index is 1460. The maximum atomic E-state index is 12.6. The Morgan fingerprint density at radius 3 is 2.54 bits per heavy atom. The van der Waals surface area contributed by atoms with Crippen LogP contribution in [0.25, 0.3) is 22.2 Å². The van der Waals surface area contributed by atoms with Crippen molar-refractivity contribution in [1.82, 2.24) is 9.97 Å². The topological polar surface area (TPSA) is 92.3 Å². The van der Waals surface area contributed by atoms with E-state index in [2.05, 4.69) is 4.98 Å². The third kappa shape index (κ3) is 4.94. The SMILES string of the molecule is CCOc1ccccc1-c1cc2nc(C(CO)c3ccc(S(=O)(=O)CC4CC4)cc3)[nH]c2cc1Cl. The van der Waals surface area contributed by atoms with E-state index in [1.54, 1.807) is 24.3 Å². The largest absolute Gasteiger partial charge is 0.493 e. The fourth-order valence-electron chi connectivity index (χ4n) is 4.34. The lowest BCUT2D eigenvalue weighted by atomic mass is 9.99. The van der Waals surface area contributed by atoms with Crippen LogP contribution in [0.5, 0.6) is 5.75 Å². The number of H-pyrrole nitrogens is 1. The first-order valence-electron chi connectivity index (χ1n) is 11.7. The predicted octanol–water partition coefficient (Wildman–Crippen LogP) is 5.59. The Kier molecular flexibility index (Phi) is 6.57. The molecular formula is C27H27ClN2O4S. The van der Waals surface area contributed by atoms with Crippen molar-refractivity contribution in [2.24, 2.45) is 5.92 Å². The molecule has 0 spiro atoms. The standard InChI is InChI=1S/C27H27ClN2O4S/c1-2-34-26-6-4-3-5-20(26)21-13-24-25(14-23(21)28)30-27(29-24)22(15-31)18-9-11-19(12-10-18)35(32,33)16-17-7-8-17/h3-6,9-14,17,22,31H,2,7-8,15-16H2,1H3,(H,29,30). The summed E-state index contributed by atoms with van der Waals surface area (Å²) in [6, 6.07) is 18.2. The number of aromatic amines is 1. The molecule has 182 valence electrons. The third-order valence-corrected chi connectivity index (χ3v) is 8.59. The first-order chi connectivity index (χ1) is 16.9. The van der Waals surface area contributed by atoms with Crippen LogP contribution in [0.1, 0.15) is 37.1 Å². The summed E-state index contributed by atoms with van der Waals surface area (Å²) in [6.45, 7) is 2.30. The molecule has 1 atom stereocenters. The Hall–Kier alpha value is -2.87. The van der Waals surface area contributed by atoms with E-state index < -0.39 is 15.8 Å². The number of rotatable bonds is 9. The number of aromatic nitrogens is 2. The summed E-state index contributed by atoms with van der Waals surface area (Å²) in [7, 11) is -3.29. The van der Waals surface area contributed by atoms with E-state index >= 15 is 0 Å². The molecule has 3 aromatic carbocycles. The number of halogens is 1. The fourth-order valence-corrected chi connectivity index (χ4v) is 6.30. The molecule has 4 aromatic rings. The normalized spacial score (nSPS) is 14.8. The quantitative estimate of drug-likeness (QED) is 0.306. The van der Waals surface area contributed by atoms with Gasteiger partial charge < -0.3 is 14.8 Å². The van der Waals surface area contributed by atoms with Gasteiger partial charge in [-0.05, 0) is 61.6 Å². The van der Waals surface area contributed by atoms with Crippen LogP contribution in [0.4, 0.5) is 0 Å². The highest BCUT2D eigenvalue weighted by molar-refractivity contribution is 7.91. The molecule has 6 nitrogen and oxygen atoms in total. The van der Waals surface area contributed by atoms with Crippen molar-refractivity contribution in [3.63, 3.8) is 0 Å². The lowest BCUT2D eigenvalue weighted by molar-refractivity contribution is 0.277. The van der Waals surface area contributed by atoms with Crippen molar-refractivity contribution < 1.29 is 18.3 Å². The zero-order chi connectivity index (χ0) is 24.6. The van der Waals surface area contributed by atoms with E-state index in [4.69, 9.17) is 21.3 Å². The van der Waals surface area contributed by atoms with Crippen LogP contribution in [0.2, 0.25) is 5.02 Å². The second-order valence-corrected chi connectivity index (χ2v) is 11.4. The first kappa shape index (κ1) is 23.9. The number of nitrogens with one attached hydrogen (secondary N) is 1. The molecule has 1 saturated carbocycles. The third-order valence-electron chi connectivity index (χ3n) is 6.37. The van der Waals surface area contributed by atoms with Crippen LogP contribution in [0.3, 0.4) is 0 Å². The second-order valence-electron chi connectivity index (χ2n) is 8.93. The molecule has 35 heavy (non-hydrogen) atoms. The molecule has 1 unspecified atom stereocenters. The van der Waals surface area contributed by atoms with Crippen molar-refractivity contribution in [2.45, 2.75) is 30.6 Å². The number of benzene rings is 3. The van der Waals surface area contributed by atoms with E-state index in [9.17, 15) is 13.5 Å². The van der Waals surface area contributed by atoms with E-state index in [-0.39, 0.29) is 18.3 Å².